The number of likely N-dealkylation sites (N-methyl/N-ethyl adjacent to an activating group) is 1. The largest absolute Gasteiger partial charge is 0.383 e. The summed E-state index contributed by atoms with van der Waals surface area (Å²) in [6.07, 6.45) is 2.53. The molecule has 7 nitrogen and oxygen atoms in total. The molecule has 7 heteroatoms. The Labute approximate surface area is 149 Å². The molecule has 0 bridgehead atoms. The summed E-state index contributed by atoms with van der Waals surface area (Å²) in [7, 11) is 3.88. The van der Waals surface area contributed by atoms with Crippen LogP contribution in [0.3, 0.4) is 0 Å². The lowest BCUT2D eigenvalue weighted by atomic mass is 9.86. The quantitative estimate of drug-likeness (QED) is 0.793. The molecule has 2 saturated heterocycles. The van der Waals surface area contributed by atoms with E-state index in [0.717, 1.165) is 57.0 Å². The van der Waals surface area contributed by atoms with Gasteiger partial charge in [-0.2, -0.15) is 0 Å². The predicted octanol–water partition coefficient (Wildman–Crippen LogP) is 1.13. The van der Waals surface area contributed by atoms with Gasteiger partial charge in [-0.15, -0.1) is 0 Å². The molecule has 0 aromatic carbocycles. The van der Waals surface area contributed by atoms with Crippen LogP contribution in [0.4, 0.5) is 0 Å². The van der Waals surface area contributed by atoms with Gasteiger partial charge >= 0.3 is 0 Å². The number of ether oxygens (including phenoxy) is 1. The highest BCUT2D eigenvalue weighted by molar-refractivity contribution is 5.76. The summed E-state index contributed by atoms with van der Waals surface area (Å²) in [6, 6.07) is 2.01. The first kappa shape index (κ1) is 18.4. The fourth-order valence-electron chi connectivity index (χ4n) is 4.06. The molecule has 0 saturated carbocycles. The summed E-state index contributed by atoms with van der Waals surface area (Å²) in [5, 5.41) is 3.99. The molecular weight excluding hydrogens is 320 g/mol. The summed E-state index contributed by atoms with van der Waals surface area (Å²) in [6.45, 7) is 7.83. The maximum atomic E-state index is 12.4. The molecular formula is C18H30N4O3. The number of piperazine rings is 1. The van der Waals surface area contributed by atoms with Gasteiger partial charge in [0.25, 0.3) is 0 Å². The zero-order valence-electron chi connectivity index (χ0n) is 15.7. The molecule has 1 aromatic rings. The van der Waals surface area contributed by atoms with Crippen LogP contribution in [0.25, 0.3) is 0 Å². The minimum Gasteiger partial charge on any atom is -0.383 e. The lowest BCUT2D eigenvalue weighted by Gasteiger charge is -2.49. The van der Waals surface area contributed by atoms with Crippen LogP contribution in [-0.2, 0) is 16.1 Å². The minimum absolute atomic E-state index is 0.0603. The Balaban J connectivity index is 1.66. The van der Waals surface area contributed by atoms with Crippen LogP contribution in [0, 0.1) is 6.92 Å². The number of carbonyl (C=O) groups is 1. The van der Waals surface area contributed by atoms with Crippen LogP contribution >= 0.6 is 0 Å². The van der Waals surface area contributed by atoms with E-state index >= 15 is 0 Å². The smallest absolute Gasteiger partial charge is 0.222 e. The van der Waals surface area contributed by atoms with Gasteiger partial charge < -0.3 is 14.2 Å². The Kier molecular flexibility index (Phi) is 5.76. The van der Waals surface area contributed by atoms with E-state index in [2.05, 4.69) is 22.0 Å². The van der Waals surface area contributed by atoms with Crippen LogP contribution < -0.4 is 0 Å². The molecule has 1 aromatic heterocycles. The van der Waals surface area contributed by atoms with Crippen LogP contribution in [0.15, 0.2) is 10.6 Å². The third kappa shape index (κ3) is 4.22. The Hall–Kier alpha value is -1.44. The average Bonchev–Trinajstić information content (AvgIpc) is 2.93. The molecule has 0 radical (unpaired) electrons. The first-order valence-electron chi connectivity index (χ1n) is 9.15. The third-order valence-electron chi connectivity index (χ3n) is 5.70. The minimum atomic E-state index is 0.0603. The lowest BCUT2D eigenvalue weighted by Crippen LogP contribution is -2.60. The van der Waals surface area contributed by atoms with E-state index in [1.165, 1.54) is 0 Å². The monoisotopic (exact) mass is 350 g/mol. The van der Waals surface area contributed by atoms with E-state index in [4.69, 9.17) is 9.26 Å². The van der Waals surface area contributed by atoms with Gasteiger partial charge in [0, 0.05) is 57.9 Å². The molecule has 0 aliphatic carbocycles. The van der Waals surface area contributed by atoms with Crippen LogP contribution in [-0.4, -0.2) is 84.8 Å². The highest BCUT2D eigenvalue weighted by atomic mass is 16.5. The van der Waals surface area contributed by atoms with Crippen molar-refractivity contribution in [1.29, 1.82) is 0 Å². The molecule has 0 unspecified atom stereocenters. The van der Waals surface area contributed by atoms with Gasteiger partial charge in [-0.1, -0.05) is 5.16 Å². The molecule has 2 aliphatic heterocycles. The maximum Gasteiger partial charge on any atom is 0.222 e. The first-order chi connectivity index (χ1) is 12.0. The van der Waals surface area contributed by atoms with Gasteiger partial charge in [-0.05, 0) is 26.8 Å². The van der Waals surface area contributed by atoms with Crippen molar-refractivity contribution >= 4 is 5.91 Å². The van der Waals surface area contributed by atoms with Crippen LogP contribution in [0.2, 0.25) is 0 Å². The molecule has 2 aliphatic rings. The highest BCUT2D eigenvalue weighted by Crippen LogP contribution is 2.32. The highest BCUT2D eigenvalue weighted by Gasteiger charge is 2.42. The van der Waals surface area contributed by atoms with Crippen molar-refractivity contribution in [3.05, 3.63) is 17.5 Å². The van der Waals surface area contributed by atoms with E-state index in [0.29, 0.717) is 19.6 Å². The van der Waals surface area contributed by atoms with Crippen molar-refractivity contribution in [2.24, 2.45) is 0 Å². The normalized spacial score (nSPS) is 26.4. The number of amides is 1. The summed E-state index contributed by atoms with van der Waals surface area (Å²) < 4.78 is 10.5. The molecule has 1 amide bonds. The molecule has 140 valence electrons. The van der Waals surface area contributed by atoms with E-state index in [9.17, 15) is 4.79 Å². The number of likely N-dealkylation sites (tertiary alicyclic amines) is 1. The second-order valence-electron chi connectivity index (χ2n) is 7.41. The van der Waals surface area contributed by atoms with Crippen LogP contribution in [0.5, 0.6) is 0 Å². The van der Waals surface area contributed by atoms with Gasteiger partial charge in [0.2, 0.25) is 5.91 Å². The Morgan fingerprint density at radius 1 is 1.32 bits per heavy atom. The lowest BCUT2D eigenvalue weighted by molar-refractivity contribution is -0.131. The molecule has 1 atom stereocenters. The van der Waals surface area contributed by atoms with Crippen molar-refractivity contribution in [3.63, 3.8) is 0 Å². The SMILES string of the molecule is COCCN1CC[C@]2(CCC1=O)CN(Cc1cc(C)no1)CCN2C. The fraction of sp³-hybridized carbons (Fsp3) is 0.778. The maximum absolute atomic E-state index is 12.4. The third-order valence-corrected chi connectivity index (χ3v) is 5.70. The molecule has 0 N–H and O–H groups in total. The Bertz CT molecular complexity index is 591. The number of rotatable bonds is 5. The van der Waals surface area contributed by atoms with E-state index in [-0.39, 0.29) is 11.4 Å². The summed E-state index contributed by atoms with van der Waals surface area (Å²) in [4.78, 5) is 19.3. The van der Waals surface area contributed by atoms with Gasteiger partial charge in [-0.3, -0.25) is 14.6 Å². The summed E-state index contributed by atoms with van der Waals surface area (Å²) in [5.74, 6) is 1.17. The van der Waals surface area contributed by atoms with Gasteiger partial charge in [0.1, 0.15) is 0 Å². The predicted molar refractivity (Wildman–Crippen MR) is 94.2 cm³/mol. The molecule has 3 heterocycles. The van der Waals surface area contributed by atoms with Crippen molar-refractivity contribution in [2.45, 2.75) is 38.3 Å². The van der Waals surface area contributed by atoms with Crippen molar-refractivity contribution < 1.29 is 14.1 Å². The molecule has 3 rings (SSSR count). The van der Waals surface area contributed by atoms with Crippen molar-refractivity contribution in [1.82, 2.24) is 19.9 Å². The number of hydrogen-bond donors (Lipinski definition) is 0. The zero-order valence-corrected chi connectivity index (χ0v) is 15.7. The van der Waals surface area contributed by atoms with Gasteiger partial charge in [0.15, 0.2) is 5.76 Å². The van der Waals surface area contributed by atoms with E-state index < -0.39 is 0 Å². The van der Waals surface area contributed by atoms with E-state index in [1.807, 2.05) is 17.9 Å². The number of aryl methyl sites for hydroxylation is 1. The fourth-order valence-corrected chi connectivity index (χ4v) is 4.06. The van der Waals surface area contributed by atoms with Crippen molar-refractivity contribution in [2.75, 3.05) is 53.5 Å². The topological polar surface area (TPSA) is 62.1 Å². The second-order valence-corrected chi connectivity index (χ2v) is 7.41. The Morgan fingerprint density at radius 2 is 2.16 bits per heavy atom. The van der Waals surface area contributed by atoms with E-state index in [1.54, 1.807) is 7.11 Å². The summed E-state index contributed by atoms with van der Waals surface area (Å²) >= 11 is 0. The number of hydrogen-bond acceptors (Lipinski definition) is 6. The molecule has 1 spiro atoms. The zero-order chi connectivity index (χ0) is 17.9. The first-order valence-corrected chi connectivity index (χ1v) is 9.15. The molecule has 25 heavy (non-hydrogen) atoms. The van der Waals surface area contributed by atoms with Gasteiger partial charge in [0.05, 0.1) is 18.8 Å². The number of aromatic nitrogens is 1. The Morgan fingerprint density at radius 3 is 2.88 bits per heavy atom. The standard InChI is InChI=1S/C18H30N4O3/c1-15-12-16(25-19-15)13-21-9-8-20(2)18(14-21)5-4-17(23)22(7-6-18)10-11-24-3/h12H,4-11,13-14H2,1-3H3/t18-/m1/s1. The number of methoxy groups -OCH3 is 1. The van der Waals surface area contributed by atoms with Crippen molar-refractivity contribution in [3.8, 4) is 0 Å². The average molecular weight is 350 g/mol. The summed E-state index contributed by atoms with van der Waals surface area (Å²) in [5.41, 5.74) is 0.984. The van der Waals surface area contributed by atoms with Crippen LogP contribution in [0.1, 0.15) is 30.7 Å². The second kappa shape index (κ2) is 7.85. The molecule has 2 fully saturated rings. The number of nitrogens with zero attached hydrogens (tertiary/aromatic N) is 4. The number of carbonyl (C=O) groups excluding carboxylic acids is 1. The van der Waals surface area contributed by atoms with Gasteiger partial charge in [-0.25, -0.2) is 0 Å².